The maximum Gasteiger partial charge on any atom is 0.325 e. The zero-order valence-corrected chi connectivity index (χ0v) is 16.4. The second-order valence-corrected chi connectivity index (χ2v) is 8.01. The van der Waals surface area contributed by atoms with Crippen molar-refractivity contribution in [3.8, 4) is 0 Å². The molecule has 1 aromatic carbocycles. The third kappa shape index (κ3) is 3.28. The molecule has 2 saturated heterocycles. The Bertz CT molecular complexity index is 770. The predicted octanol–water partition coefficient (Wildman–Crippen LogP) is 1.59. The summed E-state index contributed by atoms with van der Waals surface area (Å²) in [6.07, 6.45) is 4.17. The minimum absolute atomic E-state index is 0.0895. The Labute approximate surface area is 165 Å². The van der Waals surface area contributed by atoms with Gasteiger partial charge in [-0.25, -0.2) is 4.79 Å². The number of carbonyl (C=O) groups excluding carboxylic acids is 3. The summed E-state index contributed by atoms with van der Waals surface area (Å²) < 4.78 is 0. The standard InChI is InChI=1S/C21H28N4O3/c1-2-15-5-7-16(8-6-15)17-13-22-11-12-24(17)18(26)14-25-19(27)21(23-20(25)28)9-3-4-10-21/h5-8,17,22H,2-4,9-14H2,1H3,(H,23,28). The lowest BCUT2D eigenvalue weighted by Gasteiger charge is -2.37. The molecule has 150 valence electrons. The number of piperazine rings is 1. The SMILES string of the molecule is CCc1ccc(C2CNCCN2C(=O)CN2C(=O)NC3(CCCC3)C2=O)cc1. The van der Waals surface area contributed by atoms with Crippen LogP contribution in [0.2, 0.25) is 0 Å². The Morgan fingerprint density at radius 1 is 1.18 bits per heavy atom. The van der Waals surface area contributed by atoms with Crippen molar-refractivity contribution in [2.75, 3.05) is 26.2 Å². The molecule has 2 N–H and O–H groups in total. The molecule has 28 heavy (non-hydrogen) atoms. The molecule has 1 spiro atoms. The van der Waals surface area contributed by atoms with Gasteiger partial charge in [-0.15, -0.1) is 0 Å². The Balaban J connectivity index is 1.49. The van der Waals surface area contributed by atoms with Gasteiger partial charge in [-0.05, 0) is 30.4 Å². The molecule has 4 rings (SSSR count). The van der Waals surface area contributed by atoms with Gasteiger partial charge in [-0.3, -0.25) is 14.5 Å². The van der Waals surface area contributed by atoms with Crippen LogP contribution in [0.5, 0.6) is 0 Å². The van der Waals surface area contributed by atoms with Gasteiger partial charge in [0, 0.05) is 19.6 Å². The largest absolute Gasteiger partial charge is 0.332 e. The second-order valence-electron chi connectivity index (χ2n) is 8.01. The summed E-state index contributed by atoms with van der Waals surface area (Å²) in [5, 5.41) is 6.19. The number of aryl methyl sites for hydroxylation is 1. The zero-order valence-electron chi connectivity index (χ0n) is 16.4. The average Bonchev–Trinajstić information content (AvgIpc) is 3.28. The van der Waals surface area contributed by atoms with Crippen LogP contribution in [0.4, 0.5) is 4.79 Å². The summed E-state index contributed by atoms with van der Waals surface area (Å²) in [7, 11) is 0. The number of imide groups is 1. The molecular formula is C21H28N4O3. The van der Waals surface area contributed by atoms with Crippen molar-refractivity contribution in [3.05, 3.63) is 35.4 Å². The van der Waals surface area contributed by atoms with Crippen LogP contribution in [0.15, 0.2) is 24.3 Å². The van der Waals surface area contributed by atoms with Crippen LogP contribution in [-0.2, 0) is 16.0 Å². The highest BCUT2D eigenvalue weighted by atomic mass is 16.2. The van der Waals surface area contributed by atoms with E-state index in [2.05, 4.69) is 41.8 Å². The minimum Gasteiger partial charge on any atom is -0.332 e. The lowest BCUT2D eigenvalue weighted by Crippen LogP contribution is -2.52. The maximum absolute atomic E-state index is 13.1. The summed E-state index contributed by atoms with van der Waals surface area (Å²) in [4.78, 5) is 41.2. The van der Waals surface area contributed by atoms with Gasteiger partial charge in [0.15, 0.2) is 0 Å². The molecule has 2 aliphatic heterocycles. The lowest BCUT2D eigenvalue weighted by molar-refractivity contribution is -0.140. The van der Waals surface area contributed by atoms with Crippen molar-refractivity contribution >= 4 is 17.8 Å². The summed E-state index contributed by atoms with van der Waals surface area (Å²) in [5.74, 6) is -0.410. The molecule has 0 radical (unpaired) electrons. The molecule has 4 amide bonds. The second kappa shape index (κ2) is 7.54. The quantitative estimate of drug-likeness (QED) is 0.773. The van der Waals surface area contributed by atoms with Crippen LogP contribution in [0.1, 0.15) is 49.8 Å². The molecule has 2 heterocycles. The van der Waals surface area contributed by atoms with E-state index in [4.69, 9.17) is 0 Å². The van der Waals surface area contributed by atoms with Gasteiger partial charge in [-0.1, -0.05) is 44.0 Å². The monoisotopic (exact) mass is 384 g/mol. The van der Waals surface area contributed by atoms with Crippen molar-refractivity contribution in [1.29, 1.82) is 0 Å². The van der Waals surface area contributed by atoms with E-state index in [1.165, 1.54) is 5.56 Å². The van der Waals surface area contributed by atoms with Crippen molar-refractivity contribution in [2.24, 2.45) is 0 Å². The summed E-state index contributed by atoms with van der Waals surface area (Å²) >= 11 is 0. The van der Waals surface area contributed by atoms with Crippen molar-refractivity contribution in [2.45, 2.75) is 50.6 Å². The van der Waals surface area contributed by atoms with Crippen LogP contribution in [0.25, 0.3) is 0 Å². The van der Waals surface area contributed by atoms with Crippen LogP contribution < -0.4 is 10.6 Å². The Kier molecular flexibility index (Phi) is 5.10. The molecule has 1 aliphatic carbocycles. The highest BCUT2D eigenvalue weighted by molar-refractivity contribution is 6.09. The minimum atomic E-state index is -0.768. The molecule has 1 unspecified atom stereocenters. The first kappa shape index (κ1) is 18.9. The van der Waals surface area contributed by atoms with Gasteiger partial charge in [-0.2, -0.15) is 0 Å². The number of rotatable bonds is 4. The maximum atomic E-state index is 13.1. The third-order valence-electron chi connectivity index (χ3n) is 6.33. The summed E-state index contributed by atoms with van der Waals surface area (Å²) in [6.45, 7) is 3.87. The van der Waals surface area contributed by atoms with Gasteiger partial charge >= 0.3 is 6.03 Å². The molecule has 1 saturated carbocycles. The number of urea groups is 1. The smallest absolute Gasteiger partial charge is 0.325 e. The first-order valence-electron chi connectivity index (χ1n) is 10.3. The fraction of sp³-hybridized carbons (Fsp3) is 0.571. The van der Waals surface area contributed by atoms with Gasteiger partial charge in [0.1, 0.15) is 12.1 Å². The Morgan fingerprint density at radius 3 is 2.57 bits per heavy atom. The van der Waals surface area contributed by atoms with Crippen molar-refractivity contribution in [1.82, 2.24) is 20.4 Å². The zero-order chi connectivity index (χ0) is 19.7. The number of carbonyl (C=O) groups is 3. The summed E-state index contributed by atoms with van der Waals surface area (Å²) in [6, 6.07) is 7.80. The first-order chi connectivity index (χ1) is 13.5. The number of benzene rings is 1. The number of hydrogen-bond acceptors (Lipinski definition) is 4. The van der Waals surface area contributed by atoms with E-state index >= 15 is 0 Å². The van der Waals surface area contributed by atoms with E-state index in [1.807, 2.05) is 0 Å². The number of hydrogen-bond donors (Lipinski definition) is 2. The molecule has 1 atom stereocenters. The molecular weight excluding hydrogens is 356 g/mol. The topological polar surface area (TPSA) is 81.8 Å². The molecule has 3 fully saturated rings. The highest BCUT2D eigenvalue weighted by Gasteiger charge is 2.53. The normalized spacial score (nSPS) is 24.1. The fourth-order valence-corrected chi connectivity index (χ4v) is 4.64. The van der Waals surface area contributed by atoms with E-state index in [0.29, 0.717) is 32.5 Å². The number of nitrogens with zero attached hydrogens (tertiary/aromatic N) is 2. The van der Waals surface area contributed by atoms with Crippen molar-refractivity contribution in [3.63, 3.8) is 0 Å². The summed E-state index contributed by atoms with van der Waals surface area (Å²) in [5.41, 5.74) is 1.56. The molecule has 1 aromatic rings. The van der Waals surface area contributed by atoms with Crippen LogP contribution in [0, 0.1) is 0 Å². The van der Waals surface area contributed by atoms with E-state index < -0.39 is 11.6 Å². The number of amides is 4. The van der Waals surface area contributed by atoms with Crippen LogP contribution >= 0.6 is 0 Å². The van der Waals surface area contributed by atoms with Gasteiger partial charge in [0.2, 0.25) is 5.91 Å². The van der Waals surface area contributed by atoms with E-state index in [0.717, 1.165) is 29.7 Å². The van der Waals surface area contributed by atoms with Gasteiger partial charge in [0.05, 0.1) is 6.04 Å². The van der Waals surface area contributed by atoms with Gasteiger partial charge < -0.3 is 15.5 Å². The number of nitrogens with one attached hydrogen (secondary N) is 2. The van der Waals surface area contributed by atoms with Gasteiger partial charge in [0.25, 0.3) is 5.91 Å². The van der Waals surface area contributed by atoms with E-state index in [9.17, 15) is 14.4 Å². The fourth-order valence-electron chi connectivity index (χ4n) is 4.64. The van der Waals surface area contributed by atoms with E-state index in [-0.39, 0.29) is 24.4 Å². The Morgan fingerprint density at radius 2 is 1.89 bits per heavy atom. The molecule has 7 heteroatoms. The van der Waals surface area contributed by atoms with Crippen LogP contribution in [-0.4, -0.2) is 59.4 Å². The highest BCUT2D eigenvalue weighted by Crippen LogP contribution is 2.35. The lowest BCUT2D eigenvalue weighted by atomic mass is 9.98. The first-order valence-corrected chi connectivity index (χ1v) is 10.3. The molecule has 7 nitrogen and oxygen atoms in total. The van der Waals surface area contributed by atoms with Crippen LogP contribution in [0.3, 0.4) is 0 Å². The molecule has 0 aromatic heterocycles. The Hall–Kier alpha value is -2.41. The third-order valence-corrected chi connectivity index (χ3v) is 6.33. The molecule has 3 aliphatic rings. The van der Waals surface area contributed by atoms with E-state index in [1.54, 1.807) is 4.90 Å². The average molecular weight is 384 g/mol. The van der Waals surface area contributed by atoms with Crippen molar-refractivity contribution < 1.29 is 14.4 Å². The predicted molar refractivity (Wildman–Crippen MR) is 105 cm³/mol. The molecule has 0 bridgehead atoms.